The maximum atomic E-state index is 11.3. The van der Waals surface area contributed by atoms with Crippen LogP contribution >= 0.6 is 0 Å². The molecule has 0 aromatic heterocycles. The van der Waals surface area contributed by atoms with Gasteiger partial charge in [-0.2, -0.15) is 0 Å². The summed E-state index contributed by atoms with van der Waals surface area (Å²) in [6, 6.07) is 5.70. The van der Waals surface area contributed by atoms with Gasteiger partial charge in [-0.15, -0.1) is 0 Å². The van der Waals surface area contributed by atoms with Crippen LogP contribution in [-0.2, 0) is 10.4 Å². The van der Waals surface area contributed by atoms with Crippen LogP contribution in [0, 0.1) is 19.8 Å². The lowest BCUT2D eigenvalue weighted by atomic mass is 9.78. The Morgan fingerprint density at radius 1 is 1.39 bits per heavy atom. The summed E-state index contributed by atoms with van der Waals surface area (Å²) < 4.78 is 0. The zero-order valence-corrected chi connectivity index (χ0v) is 11.5. The van der Waals surface area contributed by atoms with Crippen molar-refractivity contribution in [2.45, 2.75) is 46.1 Å². The van der Waals surface area contributed by atoms with Gasteiger partial charge in [0.05, 0.1) is 5.92 Å². The largest absolute Gasteiger partial charge is 0.481 e. The van der Waals surface area contributed by atoms with Crippen LogP contribution in [0.2, 0.25) is 0 Å². The van der Waals surface area contributed by atoms with E-state index in [1.165, 1.54) is 0 Å². The molecule has 2 N–H and O–H groups in total. The van der Waals surface area contributed by atoms with Crippen LogP contribution in [0.1, 0.15) is 43.4 Å². The number of carbonyl (C=O) groups is 1. The van der Waals surface area contributed by atoms with Gasteiger partial charge in [0.1, 0.15) is 5.60 Å². The van der Waals surface area contributed by atoms with Gasteiger partial charge in [-0.05, 0) is 38.3 Å². The minimum Gasteiger partial charge on any atom is -0.481 e. The minimum absolute atomic E-state index is 0.468. The van der Waals surface area contributed by atoms with Crippen molar-refractivity contribution in [2.24, 2.45) is 5.92 Å². The fraction of sp³-hybridized carbons (Fsp3) is 0.533. The van der Waals surface area contributed by atoms with E-state index in [9.17, 15) is 15.0 Å². The Kier molecular flexibility index (Phi) is 4.52. The molecule has 0 heterocycles. The van der Waals surface area contributed by atoms with Crippen molar-refractivity contribution in [3.8, 4) is 0 Å². The predicted octanol–water partition coefficient (Wildman–Crippen LogP) is 3.01. The van der Waals surface area contributed by atoms with E-state index in [2.05, 4.69) is 0 Å². The molecule has 0 aliphatic heterocycles. The Morgan fingerprint density at radius 3 is 2.44 bits per heavy atom. The number of hydrogen-bond acceptors (Lipinski definition) is 2. The lowest BCUT2D eigenvalue weighted by molar-refractivity contribution is -0.152. The van der Waals surface area contributed by atoms with Crippen molar-refractivity contribution < 1.29 is 15.0 Å². The number of hydrogen-bond donors (Lipinski definition) is 2. The quantitative estimate of drug-likeness (QED) is 0.844. The molecule has 0 saturated heterocycles. The molecule has 0 aliphatic rings. The van der Waals surface area contributed by atoms with Gasteiger partial charge in [0.25, 0.3) is 0 Å². The Labute approximate surface area is 108 Å². The summed E-state index contributed by atoms with van der Waals surface area (Å²) in [5.41, 5.74) is 1.41. The first-order valence-electron chi connectivity index (χ1n) is 6.33. The fourth-order valence-corrected chi connectivity index (χ4v) is 2.50. The molecule has 1 aromatic carbocycles. The molecule has 0 spiro atoms. The Morgan fingerprint density at radius 2 is 2.00 bits per heavy atom. The van der Waals surface area contributed by atoms with Crippen LogP contribution in [0.3, 0.4) is 0 Å². The van der Waals surface area contributed by atoms with E-state index in [1.807, 2.05) is 39.0 Å². The number of rotatable bonds is 5. The van der Waals surface area contributed by atoms with Crippen LogP contribution in [-0.4, -0.2) is 16.2 Å². The van der Waals surface area contributed by atoms with Crippen molar-refractivity contribution in [1.82, 2.24) is 0 Å². The molecule has 3 heteroatoms. The van der Waals surface area contributed by atoms with Crippen LogP contribution < -0.4 is 0 Å². The first kappa shape index (κ1) is 14.7. The molecule has 1 rings (SSSR count). The number of carboxylic acids is 1. The van der Waals surface area contributed by atoms with Gasteiger partial charge in [0.2, 0.25) is 0 Å². The Hall–Kier alpha value is -1.35. The Bertz CT molecular complexity index is 435. The van der Waals surface area contributed by atoms with E-state index >= 15 is 0 Å². The van der Waals surface area contributed by atoms with E-state index in [1.54, 1.807) is 6.92 Å². The van der Waals surface area contributed by atoms with E-state index < -0.39 is 17.5 Å². The SMILES string of the molecule is CCCC(C(=O)O)C(C)(O)c1ccc(C)cc1C. The first-order valence-corrected chi connectivity index (χ1v) is 6.33. The third-order valence-electron chi connectivity index (χ3n) is 3.48. The predicted molar refractivity (Wildman–Crippen MR) is 71.5 cm³/mol. The lowest BCUT2D eigenvalue weighted by Crippen LogP contribution is -2.37. The third-order valence-corrected chi connectivity index (χ3v) is 3.48. The van der Waals surface area contributed by atoms with Crippen molar-refractivity contribution >= 4 is 5.97 Å². The molecule has 18 heavy (non-hydrogen) atoms. The molecule has 100 valence electrons. The van der Waals surface area contributed by atoms with Gasteiger partial charge in [0.15, 0.2) is 0 Å². The smallest absolute Gasteiger partial charge is 0.309 e. The highest BCUT2D eigenvalue weighted by Gasteiger charge is 2.39. The zero-order valence-electron chi connectivity index (χ0n) is 11.5. The number of aliphatic carboxylic acids is 1. The second-order valence-corrected chi connectivity index (χ2v) is 5.15. The molecule has 2 atom stereocenters. The first-order chi connectivity index (χ1) is 8.30. The normalized spacial score (nSPS) is 16.1. The number of carboxylic acid groups (broad SMARTS) is 1. The third kappa shape index (κ3) is 2.91. The number of benzene rings is 1. The van der Waals surface area contributed by atoms with Gasteiger partial charge in [-0.1, -0.05) is 37.1 Å². The maximum absolute atomic E-state index is 11.3. The van der Waals surface area contributed by atoms with E-state index in [4.69, 9.17) is 0 Å². The average molecular weight is 250 g/mol. The van der Waals surface area contributed by atoms with E-state index in [0.717, 1.165) is 17.5 Å². The van der Waals surface area contributed by atoms with E-state index in [-0.39, 0.29) is 0 Å². The molecular formula is C15H22O3. The summed E-state index contributed by atoms with van der Waals surface area (Å²) in [4.78, 5) is 11.3. The van der Waals surface area contributed by atoms with Crippen LogP contribution in [0.5, 0.6) is 0 Å². The van der Waals surface area contributed by atoms with Gasteiger partial charge in [0, 0.05) is 0 Å². The molecule has 0 fully saturated rings. The standard InChI is InChI=1S/C15H22O3/c1-5-6-13(14(16)17)15(4,18)12-8-7-10(2)9-11(12)3/h7-9,13,18H,5-6H2,1-4H3,(H,16,17). The van der Waals surface area contributed by atoms with Crippen LogP contribution in [0.15, 0.2) is 18.2 Å². The molecule has 0 bridgehead atoms. The van der Waals surface area contributed by atoms with E-state index in [0.29, 0.717) is 12.0 Å². The highest BCUT2D eigenvalue weighted by molar-refractivity contribution is 5.72. The van der Waals surface area contributed by atoms with Crippen molar-refractivity contribution in [2.75, 3.05) is 0 Å². The zero-order chi connectivity index (χ0) is 13.9. The highest BCUT2D eigenvalue weighted by Crippen LogP contribution is 2.34. The van der Waals surface area contributed by atoms with Gasteiger partial charge in [-0.25, -0.2) is 0 Å². The van der Waals surface area contributed by atoms with Crippen molar-refractivity contribution in [3.05, 3.63) is 34.9 Å². The van der Waals surface area contributed by atoms with Crippen molar-refractivity contribution in [1.29, 1.82) is 0 Å². The molecule has 0 aliphatic carbocycles. The maximum Gasteiger partial charge on any atom is 0.309 e. The molecule has 1 aromatic rings. The molecule has 0 amide bonds. The van der Waals surface area contributed by atoms with Crippen molar-refractivity contribution in [3.63, 3.8) is 0 Å². The van der Waals surface area contributed by atoms with Crippen LogP contribution in [0.4, 0.5) is 0 Å². The molecule has 0 radical (unpaired) electrons. The molecule has 3 nitrogen and oxygen atoms in total. The topological polar surface area (TPSA) is 57.5 Å². The van der Waals surface area contributed by atoms with Gasteiger partial charge < -0.3 is 10.2 Å². The number of aliphatic hydroxyl groups is 1. The van der Waals surface area contributed by atoms with Crippen LogP contribution in [0.25, 0.3) is 0 Å². The van der Waals surface area contributed by atoms with Gasteiger partial charge >= 0.3 is 5.97 Å². The van der Waals surface area contributed by atoms with Gasteiger partial charge in [-0.3, -0.25) is 4.79 Å². The summed E-state index contributed by atoms with van der Waals surface area (Å²) >= 11 is 0. The lowest BCUT2D eigenvalue weighted by Gasteiger charge is -2.32. The minimum atomic E-state index is -1.33. The summed E-state index contributed by atoms with van der Waals surface area (Å²) in [5, 5.41) is 19.9. The molecule has 2 unspecified atom stereocenters. The second-order valence-electron chi connectivity index (χ2n) is 5.15. The fourth-order valence-electron chi connectivity index (χ4n) is 2.50. The summed E-state index contributed by atoms with van der Waals surface area (Å²) in [5.74, 6) is -1.72. The highest BCUT2D eigenvalue weighted by atomic mass is 16.4. The second kappa shape index (κ2) is 5.53. The summed E-state index contributed by atoms with van der Waals surface area (Å²) in [6.07, 6.45) is 1.20. The summed E-state index contributed by atoms with van der Waals surface area (Å²) in [6.45, 7) is 7.40. The average Bonchev–Trinajstić information content (AvgIpc) is 2.24. The number of aryl methyl sites for hydroxylation is 2. The Balaban J connectivity index is 3.21. The monoisotopic (exact) mass is 250 g/mol. The molecule has 0 saturated carbocycles. The summed E-state index contributed by atoms with van der Waals surface area (Å²) in [7, 11) is 0. The molecular weight excluding hydrogens is 228 g/mol.